The molecular formula is C47H50N10O4. The van der Waals surface area contributed by atoms with Crippen molar-refractivity contribution in [1.82, 2.24) is 29.9 Å². The molecular weight excluding hydrogens is 769 g/mol. The van der Waals surface area contributed by atoms with Crippen LogP contribution in [0.4, 0.5) is 23.0 Å². The number of amides is 2. The van der Waals surface area contributed by atoms with E-state index < -0.39 is 11.1 Å². The molecule has 10 rings (SSSR count). The molecule has 6 aromatic rings. The van der Waals surface area contributed by atoms with Gasteiger partial charge in [0.15, 0.2) is 23.3 Å². The van der Waals surface area contributed by atoms with Crippen molar-refractivity contribution in [2.45, 2.75) is 45.2 Å². The van der Waals surface area contributed by atoms with E-state index in [1.807, 2.05) is 74.8 Å². The summed E-state index contributed by atoms with van der Waals surface area (Å²) in [5.74, 6) is 2.86. The number of carbonyl (C=O) groups is 2. The van der Waals surface area contributed by atoms with Crippen LogP contribution in [0.15, 0.2) is 110 Å². The fourth-order valence-corrected chi connectivity index (χ4v) is 8.82. The Kier molecular flexibility index (Phi) is 11.3. The molecule has 4 aliphatic rings. The molecule has 0 saturated carbocycles. The molecule has 4 aromatic heterocycles. The number of anilines is 4. The van der Waals surface area contributed by atoms with E-state index in [9.17, 15) is 9.59 Å². The first-order valence-corrected chi connectivity index (χ1v) is 20.3. The van der Waals surface area contributed by atoms with E-state index in [0.29, 0.717) is 64.0 Å². The van der Waals surface area contributed by atoms with Gasteiger partial charge in [-0.2, -0.15) is 0 Å². The lowest BCUT2D eigenvalue weighted by Crippen LogP contribution is -2.68. The Bertz CT molecular complexity index is 2380. The zero-order valence-corrected chi connectivity index (χ0v) is 34.2. The van der Waals surface area contributed by atoms with E-state index in [0.717, 1.165) is 56.4 Å². The Morgan fingerprint density at radius 3 is 1.38 bits per heavy atom. The number of rotatable bonds is 6. The monoisotopic (exact) mass is 818 g/mol. The summed E-state index contributed by atoms with van der Waals surface area (Å²) in [6.45, 7) is 7.18. The van der Waals surface area contributed by atoms with Crippen molar-refractivity contribution in [2.75, 3.05) is 73.2 Å². The summed E-state index contributed by atoms with van der Waals surface area (Å²) < 4.78 is 11.4. The standard InChI is InChI=1S/2C23H23N5O2.CH4/c2*1-3-23-15-30-12-11-28(23)21-19(27(2)22(23)29)14-25-20(26-21)17-9-10-24-13-18(17)16-7-5-4-6-8-16;/h2*4-10,13-14H,3,11-12,15H2,1-2H3;1H4/t2*23-;/m10./s1. The summed E-state index contributed by atoms with van der Waals surface area (Å²) >= 11 is 0. The average molecular weight is 819 g/mol. The molecule has 2 amide bonds. The lowest BCUT2D eigenvalue weighted by Gasteiger charge is -2.51. The molecule has 0 N–H and O–H groups in total. The van der Waals surface area contributed by atoms with E-state index >= 15 is 0 Å². The van der Waals surface area contributed by atoms with Gasteiger partial charge in [-0.05, 0) is 36.1 Å². The summed E-state index contributed by atoms with van der Waals surface area (Å²) in [6, 6.07) is 24.1. The molecule has 0 spiro atoms. The van der Waals surface area contributed by atoms with Crippen molar-refractivity contribution in [2.24, 2.45) is 0 Å². The highest BCUT2D eigenvalue weighted by Gasteiger charge is 2.53. The topological polar surface area (TPSA) is 143 Å². The molecule has 4 aliphatic heterocycles. The van der Waals surface area contributed by atoms with E-state index in [-0.39, 0.29) is 19.2 Å². The number of carbonyl (C=O) groups excluding carboxylic acids is 2. The van der Waals surface area contributed by atoms with E-state index in [1.165, 1.54) is 0 Å². The molecule has 14 heteroatoms. The SMILES string of the molecule is C.CC[C@@]12COCCN1c1nc(-c3ccncc3-c3ccccc3)ncc1N(C)C2=O.CC[C@]12COCCN1c1nc(-c3ccncc3-c3ccccc3)ncc1N(C)C2=O. The molecule has 2 saturated heterocycles. The third-order valence-corrected chi connectivity index (χ3v) is 12.2. The van der Waals surface area contributed by atoms with Gasteiger partial charge in [0, 0.05) is 74.2 Å². The quantitative estimate of drug-likeness (QED) is 0.171. The van der Waals surface area contributed by atoms with Crippen LogP contribution in [0.2, 0.25) is 0 Å². The second kappa shape index (κ2) is 16.8. The Morgan fingerprint density at radius 1 is 0.574 bits per heavy atom. The zero-order chi connectivity index (χ0) is 41.4. The molecule has 8 heterocycles. The first-order valence-electron chi connectivity index (χ1n) is 20.3. The van der Waals surface area contributed by atoms with Crippen LogP contribution in [0, 0.1) is 0 Å². The normalized spacial score (nSPS) is 20.3. The zero-order valence-electron chi connectivity index (χ0n) is 34.2. The number of pyridine rings is 2. The van der Waals surface area contributed by atoms with Gasteiger partial charge in [0.05, 0.1) is 38.8 Å². The lowest BCUT2D eigenvalue weighted by molar-refractivity contribution is -0.129. The Morgan fingerprint density at radius 2 is 0.984 bits per heavy atom. The van der Waals surface area contributed by atoms with E-state index in [1.54, 1.807) is 48.7 Å². The van der Waals surface area contributed by atoms with Gasteiger partial charge in [-0.25, -0.2) is 19.9 Å². The highest BCUT2D eigenvalue weighted by atomic mass is 16.5. The second-order valence-corrected chi connectivity index (χ2v) is 15.3. The smallest absolute Gasteiger partial charge is 0.255 e. The predicted molar refractivity (Wildman–Crippen MR) is 237 cm³/mol. The van der Waals surface area contributed by atoms with Gasteiger partial charge in [-0.3, -0.25) is 19.6 Å². The van der Waals surface area contributed by atoms with Crippen molar-refractivity contribution in [1.29, 1.82) is 0 Å². The van der Waals surface area contributed by atoms with Gasteiger partial charge in [0.1, 0.15) is 22.5 Å². The Balaban J connectivity index is 0.000000166. The highest BCUT2D eigenvalue weighted by Crippen LogP contribution is 2.44. The maximum absolute atomic E-state index is 13.2. The second-order valence-electron chi connectivity index (χ2n) is 15.3. The molecule has 0 unspecified atom stereocenters. The van der Waals surface area contributed by atoms with Crippen LogP contribution in [0.3, 0.4) is 0 Å². The van der Waals surface area contributed by atoms with Crippen molar-refractivity contribution in [3.05, 3.63) is 110 Å². The van der Waals surface area contributed by atoms with Crippen LogP contribution in [0.25, 0.3) is 45.0 Å². The first-order chi connectivity index (χ1) is 29.3. The van der Waals surface area contributed by atoms with E-state index in [2.05, 4.69) is 54.0 Å². The van der Waals surface area contributed by atoms with Crippen LogP contribution >= 0.6 is 0 Å². The maximum Gasteiger partial charge on any atom is 0.255 e. The van der Waals surface area contributed by atoms with Crippen molar-refractivity contribution in [3.8, 4) is 45.0 Å². The van der Waals surface area contributed by atoms with Crippen LogP contribution in [-0.2, 0) is 19.1 Å². The molecule has 2 aromatic carbocycles. The van der Waals surface area contributed by atoms with Gasteiger partial charge < -0.3 is 29.1 Å². The minimum absolute atomic E-state index is 0. The molecule has 2 atom stereocenters. The van der Waals surface area contributed by atoms with Crippen molar-refractivity contribution < 1.29 is 19.1 Å². The third-order valence-electron chi connectivity index (χ3n) is 12.2. The summed E-state index contributed by atoms with van der Waals surface area (Å²) in [7, 11) is 3.57. The molecule has 312 valence electrons. The number of hydrogen-bond acceptors (Lipinski definition) is 12. The number of morpholine rings is 2. The van der Waals surface area contributed by atoms with Crippen LogP contribution < -0.4 is 19.6 Å². The Labute approximate surface area is 356 Å². The number of fused-ring (bicyclic) bond motifs is 6. The number of nitrogens with zero attached hydrogens (tertiary/aromatic N) is 10. The lowest BCUT2D eigenvalue weighted by atomic mass is 9.89. The average Bonchev–Trinajstić information content (AvgIpc) is 3.32. The summed E-state index contributed by atoms with van der Waals surface area (Å²) in [4.78, 5) is 61.8. The van der Waals surface area contributed by atoms with Crippen LogP contribution in [-0.4, -0.2) is 106 Å². The highest BCUT2D eigenvalue weighted by molar-refractivity contribution is 6.08. The maximum atomic E-state index is 13.2. The summed E-state index contributed by atoms with van der Waals surface area (Å²) in [5.41, 5.74) is 5.91. The van der Waals surface area contributed by atoms with Gasteiger partial charge in [-0.15, -0.1) is 0 Å². The van der Waals surface area contributed by atoms with Crippen molar-refractivity contribution in [3.63, 3.8) is 0 Å². The molecule has 61 heavy (non-hydrogen) atoms. The first kappa shape index (κ1) is 41.1. The van der Waals surface area contributed by atoms with Gasteiger partial charge in [0.2, 0.25) is 0 Å². The van der Waals surface area contributed by atoms with Crippen molar-refractivity contribution >= 4 is 34.8 Å². The predicted octanol–water partition coefficient (Wildman–Crippen LogP) is 6.97. The minimum Gasteiger partial charge on any atom is -0.377 e. The molecule has 0 radical (unpaired) electrons. The molecule has 2 fully saturated rings. The summed E-state index contributed by atoms with van der Waals surface area (Å²) in [5, 5.41) is 0. The number of likely N-dealkylation sites (N-methyl/N-ethyl adjacent to an activating group) is 2. The number of aromatic nitrogens is 6. The van der Waals surface area contributed by atoms with Gasteiger partial charge in [-0.1, -0.05) is 81.9 Å². The molecule has 0 bridgehead atoms. The van der Waals surface area contributed by atoms with Crippen LogP contribution in [0.1, 0.15) is 34.1 Å². The fraction of sp³-hybridized carbons (Fsp3) is 0.319. The number of ether oxygens (including phenoxy) is 2. The van der Waals surface area contributed by atoms with Gasteiger partial charge >= 0.3 is 0 Å². The molecule has 14 nitrogen and oxygen atoms in total. The summed E-state index contributed by atoms with van der Waals surface area (Å²) in [6.07, 6.45) is 12.0. The Hall–Kier alpha value is -6.64. The molecule has 0 aliphatic carbocycles. The number of benzene rings is 2. The fourth-order valence-electron chi connectivity index (χ4n) is 8.82. The van der Waals surface area contributed by atoms with Gasteiger partial charge in [0.25, 0.3) is 11.8 Å². The third kappa shape index (κ3) is 6.85. The minimum atomic E-state index is -0.716. The van der Waals surface area contributed by atoms with E-state index in [4.69, 9.17) is 19.4 Å². The number of hydrogen-bond donors (Lipinski definition) is 0. The largest absolute Gasteiger partial charge is 0.377 e. The van der Waals surface area contributed by atoms with Crippen LogP contribution in [0.5, 0.6) is 0 Å².